The SMILES string of the molecule is CC(Nc1ccc2c(c1)N=C(N(C)C)C2)c1ccc(Oc2ccc(Cl)cc2)cc1. The van der Waals surface area contributed by atoms with Crippen molar-refractivity contribution < 1.29 is 4.74 Å². The van der Waals surface area contributed by atoms with Crippen LogP contribution in [0.4, 0.5) is 11.4 Å². The number of nitrogens with one attached hydrogen (secondary N) is 1. The molecule has 0 spiro atoms. The van der Waals surface area contributed by atoms with Crippen molar-refractivity contribution >= 4 is 28.8 Å². The predicted molar refractivity (Wildman–Crippen MR) is 121 cm³/mol. The van der Waals surface area contributed by atoms with Crippen molar-refractivity contribution in [3.8, 4) is 11.5 Å². The number of amidine groups is 1. The number of fused-ring (bicyclic) bond motifs is 1. The van der Waals surface area contributed by atoms with E-state index in [1.54, 1.807) is 0 Å². The van der Waals surface area contributed by atoms with E-state index in [-0.39, 0.29) is 6.04 Å². The number of nitrogens with zero attached hydrogens (tertiary/aromatic N) is 2. The third kappa shape index (κ3) is 4.54. The number of hydrogen-bond donors (Lipinski definition) is 1. The smallest absolute Gasteiger partial charge is 0.127 e. The van der Waals surface area contributed by atoms with E-state index >= 15 is 0 Å². The maximum atomic E-state index is 5.92. The molecule has 4 rings (SSSR count). The average Bonchev–Trinajstić information content (AvgIpc) is 3.14. The molecule has 148 valence electrons. The third-order valence-corrected chi connectivity index (χ3v) is 5.26. The Morgan fingerprint density at radius 3 is 2.28 bits per heavy atom. The highest BCUT2D eigenvalue weighted by molar-refractivity contribution is 6.30. The largest absolute Gasteiger partial charge is 0.457 e. The van der Waals surface area contributed by atoms with E-state index in [0.29, 0.717) is 5.02 Å². The molecule has 1 N–H and O–H groups in total. The molecule has 0 aliphatic carbocycles. The fourth-order valence-electron chi connectivity index (χ4n) is 3.31. The fraction of sp³-hybridized carbons (Fsp3) is 0.208. The van der Waals surface area contributed by atoms with Crippen LogP contribution in [0, 0.1) is 0 Å². The van der Waals surface area contributed by atoms with Crippen LogP contribution in [0.2, 0.25) is 5.02 Å². The Labute approximate surface area is 176 Å². The van der Waals surface area contributed by atoms with Crippen LogP contribution in [-0.4, -0.2) is 24.8 Å². The van der Waals surface area contributed by atoms with Gasteiger partial charge in [0.25, 0.3) is 0 Å². The average molecular weight is 406 g/mol. The van der Waals surface area contributed by atoms with Gasteiger partial charge in [0.15, 0.2) is 0 Å². The molecule has 3 aromatic carbocycles. The van der Waals surface area contributed by atoms with Gasteiger partial charge in [0.2, 0.25) is 0 Å². The van der Waals surface area contributed by atoms with E-state index in [1.807, 2.05) is 50.5 Å². The summed E-state index contributed by atoms with van der Waals surface area (Å²) < 4.78 is 5.87. The third-order valence-electron chi connectivity index (χ3n) is 5.01. The molecule has 0 saturated carbocycles. The molecule has 1 aliphatic rings. The van der Waals surface area contributed by atoms with Crippen molar-refractivity contribution in [1.29, 1.82) is 0 Å². The summed E-state index contributed by atoms with van der Waals surface area (Å²) in [6, 6.07) is 22.1. The van der Waals surface area contributed by atoms with Gasteiger partial charge in [-0.1, -0.05) is 29.8 Å². The molecular weight excluding hydrogens is 382 g/mol. The molecule has 1 atom stereocenters. The second kappa shape index (κ2) is 8.18. The molecule has 4 nitrogen and oxygen atoms in total. The Bertz CT molecular complexity index is 1030. The number of anilines is 1. The summed E-state index contributed by atoms with van der Waals surface area (Å²) in [6.07, 6.45) is 0.896. The summed E-state index contributed by atoms with van der Waals surface area (Å²) >= 11 is 5.92. The van der Waals surface area contributed by atoms with Gasteiger partial charge in [-0.15, -0.1) is 0 Å². The van der Waals surface area contributed by atoms with Gasteiger partial charge in [-0.2, -0.15) is 0 Å². The molecule has 0 bridgehead atoms. The summed E-state index contributed by atoms with van der Waals surface area (Å²) in [4.78, 5) is 6.80. The molecule has 29 heavy (non-hydrogen) atoms. The van der Waals surface area contributed by atoms with Crippen LogP contribution in [0.25, 0.3) is 0 Å². The number of aliphatic imine (C=N–C) groups is 1. The Morgan fingerprint density at radius 2 is 1.62 bits per heavy atom. The zero-order valence-corrected chi connectivity index (χ0v) is 17.6. The highest BCUT2D eigenvalue weighted by Gasteiger charge is 2.16. The van der Waals surface area contributed by atoms with Gasteiger partial charge in [-0.25, -0.2) is 4.99 Å². The first-order valence-electron chi connectivity index (χ1n) is 9.66. The lowest BCUT2D eigenvalue weighted by Crippen LogP contribution is -2.21. The van der Waals surface area contributed by atoms with Crippen LogP contribution in [0.1, 0.15) is 24.1 Å². The number of rotatable bonds is 5. The predicted octanol–water partition coefficient (Wildman–Crippen LogP) is 6.45. The number of halogens is 1. The molecule has 3 aromatic rings. The summed E-state index contributed by atoms with van der Waals surface area (Å²) in [7, 11) is 4.07. The fourth-order valence-corrected chi connectivity index (χ4v) is 3.44. The van der Waals surface area contributed by atoms with Crippen LogP contribution in [-0.2, 0) is 6.42 Å². The minimum absolute atomic E-state index is 0.163. The van der Waals surface area contributed by atoms with Crippen molar-refractivity contribution in [2.24, 2.45) is 4.99 Å². The molecular formula is C24H24ClN3O. The molecule has 0 amide bonds. The van der Waals surface area contributed by atoms with E-state index in [0.717, 1.165) is 35.1 Å². The number of benzene rings is 3. The van der Waals surface area contributed by atoms with E-state index in [4.69, 9.17) is 21.3 Å². The highest BCUT2D eigenvalue weighted by Crippen LogP contribution is 2.32. The van der Waals surface area contributed by atoms with Crippen LogP contribution in [0.3, 0.4) is 0 Å². The van der Waals surface area contributed by atoms with Crippen LogP contribution in [0.5, 0.6) is 11.5 Å². The summed E-state index contributed by atoms with van der Waals surface area (Å²) in [5.41, 5.74) is 4.58. The van der Waals surface area contributed by atoms with Crippen molar-refractivity contribution in [3.05, 3.63) is 82.9 Å². The lowest BCUT2D eigenvalue weighted by Gasteiger charge is -2.17. The lowest BCUT2D eigenvalue weighted by molar-refractivity contribution is 0.482. The Morgan fingerprint density at radius 1 is 0.966 bits per heavy atom. The van der Waals surface area contributed by atoms with Crippen LogP contribution < -0.4 is 10.1 Å². The first-order chi connectivity index (χ1) is 14.0. The van der Waals surface area contributed by atoms with E-state index in [2.05, 4.69) is 47.5 Å². The zero-order chi connectivity index (χ0) is 20.4. The zero-order valence-electron chi connectivity index (χ0n) is 16.8. The highest BCUT2D eigenvalue weighted by atomic mass is 35.5. The second-order valence-electron chi connectivity index (χ2n) is 7.43. The monoisotopic (exact) mass is 405 g/mol. The Balaban J connectivity index is 1.42. The molecule has 0 aromatic heterocycles. The van der Waals surface area contributed by atoms with Crippen LogP contribution in [0.15, 0.2) is 71.7 Å². The van der Waals surface area contributed by atoms with E-state index in [1.165, 1.54) is 11.1 Å². The van der Waals surface area contributed by atoms with Crippen molar-refractivity contribution in [2.75, 3.05) is 19.4 Å². The minimum Gasteiger partial charge on any atom is -0.457 e. The molecule has 1 aliphatic heterocycles. The summed E-state index contributed by atoms with van der Waals surface area (Å²) in [5.74, 6) is 2.66. The molecule has 0 fully saturated rings. The standard InChI is InChI=1S/C24H24ClN3O/c1-16(26-20-9-4-18-14-24(28(2)3)27-23(18)15-20)17-5-10-21(11-6-17)29-22-12-7-19(25)8-13-22/h4-13,15-16,26H,14H2,1-3H3. The molecule has 0 radical (unpaired) electrons. The van der Waals surface area contributed by atoms with Gasteiger partial charge in [0, 0.05) is 37.3 Å². The quantitative estimate of drug-likeness (QED) is 0.529. The van der Waals surface area contributed by atoms with Gasteiger partial charge in [0.05, 0.1) is 5.69 Å². The van der Waals surface area contributed by atoms with Gasteiger partial charge in [0.1, 0.15) is 17.3 Å². The van der Waals surface area contributed by atoms with E-state index < -0.39 is 0 Å². The number of ether oxygens (including phenoxy) is 1. The van der Waals surface area contributed by atoms with Crippen LogP contribution >= 0.6 is 11.6 Å². The van der Waals surface area contributed by atoms with E-state index in [9.17, 15) is 0 Å². The second-order valence-corrected chi connectivity index (χ2v) is 7.87. The van der Waals surface area contributed by atoms with Gasteiger partial charge in [-0.05, 0) is 66.6 Å². The molecule has 1 unspecified atom stereocenters. The molecule has 1 heterocycles. The van der Waals surface area contributed by atoms with Crippen molar-refractivity contribution in [2.45, 2.75) is 19.4 Å². The van der Waals surface area contributed by atoms with Gasteiger partial charge < -0.3 is 15.0 Å². The maximum Gasteiger partial charge on any atom is 0.127 e. The first-order valence-corrected chi connectivity index (χ1v) is 10.0. The van der Waals surface area contributed by atoms with Crippen molar-refractivity contribution in [1.82, 2.24) is 4.90 Å². The van der Waals surface area contributed by atoms with Gasteiger partial charge >= 0.3 is 0 Å². The Kier molecular flexibility index (Phi) is 5.45. The summed E-state index contributed by atoms with van der Waals surface area (Å²) in [5, 5.41) is 4.27. The molecule has 0 saturated heterocycles. The van der Waals surface area contributed by atoms with Crippen molar-refractivity contribution in [3.63, 3.8) is 0 Å². The topological polar surface area (TPSA) is 36.9 Å². The number of likely N-dealkylation sites (N-methyl/N-ethyl adjacent to an activating group) is 1. The lowest BCUT2D eigenvalue weighted by atomic mass is 10.1. The first kappa shape index (κ1) is 19.3. The Hall–Kier alpha value is -2.98. The normalized spacial score (nSPS) is 13.4. The molecule has 5 heteroatoms. The minimum atomic E-state index is 0.163. The summed E-state index contributed by atoms with van der Waals surface area (Å²) in [6.45, 7) is 2.15. The van der Waals surface area contributed by atoms with Gasteiger partial charge in [-0.3, -0.25) is 0 Å². The number of hydrogen-bond acceptors (Lipinski definition) is 4. The maximum absolute atomic E-state index is 5.92.